The minimum atomic E-state index is -0.135. The second kappa shape index (κ2) is 3.74. The van der Waals surface area contributed by atoms with Crippen LogP contribution in [-0.4, -0.2) is 12.1 Å². The van der Waals surface area contributed by atoms with Gasteiger partial charge in [0.15, 0.2) is 0 Å². The van der Waals surface area contributed by atoms with E-state index in [1.54, 1.807) is 0 Å². The zero-order valence-electron chi connectivity index (χ0n) is 7.30. The van der Waals surface area contributed by atoms with Gasteiger partial charge < -0.3 is 4.74 Å². The minimum Gasteiger partial charge on any atom is -0.463 e. The number of ether oxygens (including phenoxy) is 1. The van der Waals surface area contributed by atoms with Gasteiger partial charge in [0.1, 0.15) is 6.10 Å². The van der Waals surface area contributed by atoms with Gasteiger partial charge >= 0.3 is 5.97 Å². The summed E-state index contributed by atoms with van der Waals surface area (Å²) < 4.78 is 5.12. The molecule has 0 spiro atoms. The summed E-state index contributed by atoms with van der Waals surface area (Å²) in [5.74, 6) is 0.595. The molecule has 11 heavy (non-hydrogen) atoms. The molecule has 0 N–H and O–H groups in total. The smallest absolute Gasteiger partial charge is 0.302 e. The molecule has 0 aliphatic heterocycles. The van der Waals surface area contributed by atoms with Gasteiger partial charge in [-0.3, -0.25) is 4.79 Å². The standard InChI is InChI=1S/C9H16O2/c1-7-4-3-5-9(6-7)11-8(2)10/h7,9H,3-6H2,1-2H3/t7-,9?/m1/s1. The van der Waals surface area contributed by atoms with E-state index in [4.69, 9.17) is 4.74 Å². The van der Waals surface area contributed by atoms with Crippen molar-refractivity contribution in [3.05, 3.63) is 0 Å². The van der Waals surface area contributed by atoms with E-state index in [2.05, 4.69) is 6.92 Å². The van der Waals surface area contributed by atoms with Crippen LogP contribution >= 0.6 is 0 Å². The first-order valence-electron chi connectivity index (χ1n) is 4.35. The fraction of sp³-hybridized carbons (Fsp3) is 0.889. The lowest BCUT2D eigenvalue weighted by Crippen LogP contribution is -2.23. The average Bonchev–Trinajstić information content (AvgIpc) is 1.85. The molecule has 0 heterocycles. The molecule has 2 nitrogen and oxygen atoms in total. The van der Waals surface area contributed by atoms with Gasteiger partial charge in [-0.15, -0.1) is 0 Å². The topological polar surface area (TPSA) is 26.3 Å². The molecule has 0 radical (unpaired) electrons. The molecule has 1 saturated carbocycles. The van der Waals surface area contributed by atoms with Crippen LogP contribution in [0.25, 0.3) is 0 Å². The fourth-order valence-electron chi connectivity index (χ4n) is 1.72. The zero-order valence-corrected chi connectivity index (χ0v) is 7.30. The van der Waals surface area contributed by atoms with E-state index in [9.17, 15) is 4.79 Å². The maximum atomic E-state index is 10.6. The Hall–Kier alpha value is -0.530. The molecule has 1 aliphatic carbocycles. The maximum absolute atomic E-state index is 10.6. The second-order valence-corrected chi connectivity index (χ2v) is 3.50. The van der Waals surface area contributed by atoms with Gasteiger partial charge in [-0.25, -0.2) is 0 Å². The first-order valence-corrected chi connectivity index (χ1v) is 4.35. The molecule has 0 aromatic heterocycles. The van der Waals surface area contributed by atoms with E-state index in [0.717, 1.165) is 18.8 Å². The molecule has 0 bridgehead atoms. The Morgan fingerprint density at radius 3 is 2.73 bits per heavy atom. The molecular formula is C9H16O2. The maximum Gasteiger partial charge on any atom is 0.302 e. The summed E-state index contributed by atoms with van der Waals surface area (Å²) in [6, 6.07) is 0. The number of carbonyl (C=O) groups is 1. The Balaban J connectivity index is 2.28. The summed E-state index contributed by atoms with van der Waals surface area (Å²) >= 11 is 0. The molecule has 1 rings (SSSR count). The van der Waals surface area contributed by atoms with Crippen LogP contribution in [0.1, 0.15) is 39.5 Å². The Kier molecular flexibility index (Phi) is 2.92. The van der Waals surface area contributed by atoms with Gasteiger partial charge in [0.05, 0.1) is 0 Å². The van der Waals surface area contributed by atoms with Crippen molar-refractivity contribution >= 4 is 5.97 Å². The molecule has 0 aromatic carbocycles. The highest BCUT2D eigenvalue weighted by Crippen LogP contribution is 2.25. The van der Waals surface area contributed by atoms with Crippen LogP contribution in [0.3, 0.4) is 0 Å². The lowest BCUT2D eigenvalue weighted by Gasteiger charge is -2.25. The van der Waals surface area contributed by atoms with Crippen molar-refractivity contribution in [2.24, 2.45) is 5.92 Å². The van der Waals surface area contributed by atoms with Gasteiger partial charge in [0.2, 0.25) is 0 Å². The van der Waals surface area contributed by atoms with E-state index in [0.29, 0.717) is 0 Å². The van der Waals surface area contributed by atoms with Crippen LogP contribution in [0.4, 0.5) is 0 Å². The normalized spacial score (nSPS) is 31.5. The van der Waals surface area contributed by atoms with Crippen LogP contribution in [-0.2, 0) is 9.53 Å². The van der Waals surface area contributed by atoms with Gasteiger partial charge in [-0.05, 0) is 25.2 Å². The molecular weight excluding hydrogens is 140 g/mol. The predicted molar refractivity (Wildman–Crippen MR) is 43.2 cm³/mol. The second-order valence-electron chi connectivity index (χ2n) is 3.50. The summed E-state index contributed by atoms with van der Waals surface area (Å²) in [5.41, 5.74) is 0. The third kappa shape index (κ3) is 2.91. The highest BCUT2D eigenvalue weighted by Gasteiger charge is 2.20. The van der Waals surface area contributed by atoms with Crippen molar-refractivity contribution in [1.29, 1.82) is 0 Å². The number of hydrogen-bond acceptors (Lipinski definition) is 2. The van der Waals surface area contributed by atoms with Crippen molar-refractivity contribution < 1.29 is 9.53 Å². The van der Waals surface area contributed by atoms with E-state index in [1.807, 2.05) is 0 Å². The quantitative estimate of drug-likeness (QED) is 0.543. The lowest BCUT2D eigenvalue weighted by molar-refractivity contribution is -0.148. The van der Waals surface area contributed by atoms with Gasteiger partial charge in [0, 0.05) is 6.92 Å². The Morgan fingerprint density at radius 1 is 1.45 bits per heavy atom. The van der Waals surface area contributed by atoms with Crippen molar-refractivity contribution in [3.63, 3.8) is 0 Å². The molecule has 2 heteroatoms. The molecule has 64 valence electrons. The summed E-state index contributed by atoms with van der Waals surface area (Å²) in [5, 5.41) is 0. The summed E-state index contributed by atoms with van der Waals surface area (Å²) in [6.07, 6.45) is 4.82. The van der Waals surface area contributed by atoms with Crippen LogP contribution in [0.5, 0.6) is 0 Å². The average molecular weight is 156 g/mol. The number of carbonyl (C=O) groups excluding carboxylic acids is 1. The summed E-state index contributed by atoms with van der Waals surface area (Å²) in [6.45, 7) is 3.70. The molecule has 0 amide bonds. The van der Waals surface area contributed by atoms with E-state index < -0.39 is 0 Å². The zero-order chi connectivity index (χ0) is 8.27. The fourth-order valence-corrected chi connectivity index (χ4v) is 1.72. The van der Waals surface area contributed by atoms with Crippen molar-refractivity contribution in [3.8, 4) is 0 Å². The molecule has 1 aliphatic rings. The highest BCUT2D eigenvalue weighted by molar-refractivity contribution is 5.66. The van der Waals surface area contributed by atoms with E-state index >= 15 is 0 Å². The summed E-state index contributed by atoms with van der Waals surface area (Å²) in [7, 11) is 0. The number of hydrogen-bond donors (Lipinski definition) is 0. The van der Waals surface area contributed by atoms with Crippen molar-refractivity contribution in [1.82, 2.24) is 0 Å². The van der Waals surface area contributed by atoms with Crippen LogP contribution in [0.15, 0.2) is 0 Å². The van der Waals surface area contributed by atoms with Gasteiger partial charge in [-0.1, -0.05) is 13.3 Å². The van der Waals surface area contributed by atoms with E-state index in [-0.39, 0.29) is 12.1 Å². The Bertz CT molecular complexity index is 142. The number of esters is 1. The minimum absolute atomic E-state index is 0.135. The lowest BCUT2D eigenvalue weighted by atomic mass is 9.89. The molecule has 1 fully saturated rings. The largest absolute Gasteiger partial charge is 0.463 e. The van der Waals surface area contributed by atoms with Crippen LogP contribution in [0.2, 0.25) is 0 Å². The van der Waals surface area contributed by atoms with Crippen molar-refractivity contribution in [2.45, 2.75) is 45.6 Å². The van der Waals surface area contributed by atoms with Crippen molar-refractivity contribution in [2.75, 3.05) is 0 Å². The predicted octanol–water partition coefficient (Wildman–Crippen LogP) is 2.13. The molecule has 2 atom stereocenters. The van der Waals surface area contributed by atoms with Crippen LogP contribution < -0.4 is 0 Å². The SMILES string of the molecule is CC(=O)OC1CCC[C@@H](C)C1. The molecule has 0 saturated heterocycles. The Morgan fingerprint density at radius 2 is 2.18 bits per heavy atom. The van der Waals surface area contributed by atoms with E-state index in [1.165, 1.54) is 19.8 Å². The molecule has 1 unspecified atom stereocenters. The first-order chi connectivity index (χ1) is 5.18. The third-order valence-electron chi connectivity index (χ3n) is 2.22. The molecule has 0 aromatic rings. The Labute approximate surface area is 67.9 Å². The third-order valence-corrected chi connectivity index (χ3v) is 2.22. The highest BCUT2D eigenvalue weighted by atomic mass is 16.5. The number of rotatable bonds is 1. The van der Waals surface area contributed by atoms with Crippen LogP contribution in [0, 0.1) is 5.92 Å². The van der Waals surface area contributed by atoms with Gasteiger partial charge in [-0.2, -0.15) is 0 Å². The monoisotopic (exact) mass is 156 g/mol. The van der Waals surface area contributed by atoms with Gasteiger partial charge in [0.25, 0.3) is 0 Å². The first kappa shape index (κ1) is 8.57. The summed E-state index contributed by atoms with van der Waals surface area (Å²) in [4.78, 5) is 10.6.